The van der Waals surface area contributed by atoms with E-state index in [1.165, 1.54) is 12.3 Å². The molecule has 0 atom stereocenters. The first-order valence-electron chi connectivity index (χ1n) is 9.27. The number of rotatable bonds is 4. The zero-order valence-corrected chi connectivity index (χ0v) is 17.6. The third-order valence-electron chi connectivity index (χ3n) is 4.87. The fraction of sp³-hybridized carbons (Fsp3) is 0.136. The van der Waals surface area contributed by atoms with Crippen molar-refractivity contribution < 1.29 is 30.4 Å². The van der Waals surface area contributed by atoms with Crippen molar-refractivity contribution in [2.24, 2.45) is 0 Å². The second-order valence-corrected chi connectivity index (χ2v) is 9.20. The summed E-state index contributed by atoms with van der Waals surface area (Å²) in [4.78, 5) is -0.551. The number of benzene rings is 2. The molecule has 4 aromatic rings. The molecule has 0 aliphatic carbocycles. The van der Waals surface area contributed by atoms with Crippen molar-refractivity contribution in [2.45, 2.75) is 18.0 Å². The van der Waals surface area contributed by atoms with E-state index in [1.807, 2.05) is 0 Å². The van der Waals surface area contributed by atoms with Gasteiger partial charge in [0.1, 0.15) is 16.5 Å². The van der Waals surface area contributed by atoms with Gasteiger partial charge >= 0.3 is 6.18 Å². The first kappa shape index (κ1) is 21.8. The lowest BCUT2D eigenvalue weighted by molar-refractivity contribution is -0.141. The van der Waals surface area contributed by atoms with Crippen molar-refractivity contribution in [1.29, 1.82) is 0 Å². The second-order valence-electron chi connectivity index (χ2n) is 7.22. The molecule has 2 aromatic heterocycles. The molecule has 4 rings (SSSR count). The lowest BCUT2D eigenvalue weighted by Gasteiger charge is -2.12. The van der Waals surface area contributed by atoms with Gasteiger partial charge in [-0.05, 0) is 48.9 Å². The number of hydrogen-bond acceptors (Lipinski definition) is 4. The van der Waals surface area contributed by atoms with Gasteiger partial charge in [0.05, 0.1) is 17.6 Å². The first-order valence-corrected chi connectivity index (χ1v) is 11.2. The number of nitrogens with zero attached hydrogens (tertiary/aromatic N) is 2. The van der Waals surface area contributed by atoms with Crippen LogP contribution in [0.15, 0.2) is 70.2 Å². The molecule has 0 bridgehead atoms. The number of hydrogen-bond donors (Lipinski definition) is 0. The average molecular weight is 464 g/mol. The fourth-order valence-electron chi connectivity index (χ4n) is 3.38. The van der Waals surface area contributed by atoms with Crippen LogP contribution in [-0.4, -0.2) is 24.5 Å². The highest BCUT2D eigenvalue weighted by Gasteiger charge is 2.35. The minimum Gasteiger partial charge on any atom is -0.464 e. The van der Waals surface area contributed by atoms with Gasteiger partial charge in [0, 0.05) is 23.4 Å². The van der Waals surface area contributed by atoms with Crippen LogP contribution in [0.2, 0.25) is 0 Å². The van der Waals surface area contributed by atoms with Gasteiger partial charge in [0.2, 0.25) is 0 Å². The van der Waals surface area contributed by atoms with E-state index in [0.717, 1.165) is 34.7 Å². The number of aromatic nitrogens is 2. The van der Waals surface area contributed by atoms with Crippen LogP contribution in [0.25, 0.3) is 28.3 Å². The maximum atomic E-state index is 14.4. The predicted molar refractivity (Wildman–Crippen MR) is 110 cm³/mol. The zero-order chi connectivity index (χ0) is 23.3. The van der Waals surface area contributed by atoms with Crippen LogP contribution >= 0.6 is 0 Å². The van der Waals surface area contributed by atoms with Gasteiger partial charge in [-0.1, -0.05) is 12.1 Å². The molecule has 10 heteroatoms. The minimum absolute atomic E-state index is 0.0464. The molecule has 2 heterocycles. The summed E-state index contributed by atoms with van der Waals surface area (Å²) in [5.74, 6) is -0.479. The summed E-state index contributed by atoms with van der Waals surface area (Å²) in [6.45, 7) is 1.72. The highest BCUT2D eigenvalue weighted by atomic mass is 32.2. The summed E-state index contributed by atoms with van der Waals surface area (Å²) in [7, 11) is -3.84. The van der Waals surface area contributed by atoms with Crippen molar-refractivity contribution in [3.63, 3.8) is 0 Å². The molecule has 0 fully saturated rings. The Kier molecular flexibility index (Phi) is 5.20. The largest absolute Gasteiger partial charge is 0.464 e. The van der Waals surface area contributed by atoms with Crippen LogP contribution in [0.3, 0.4) is 0 Å². The van der Waals surface area contributed by atoms with Crippen LogP contribution in [0.1, 0.15) is 11.3 Å². The van der Waals surface area contributed by atoms with Crippen molar-refractivity contribution in [3.8, 4) is 28.3 Å². The Morgan fingerprint density at radius 2 is 1.78 bits per heavy atom. The summed E-state index contributed by atoms with van der Waals surface area (Å²) in [6, 6.07) is 12.5. The number of sulfone groups is 1. The monoisotopic (exact) mass is 464 g/mol. The Bertz CT molecular complexity index is 1410. The molecule has 32 heavy (non-hydrogen) atoms. The Labute approximate surface area is 180 Å². The van der Waals surface area contributed by atoms with Crippen LogP contribution in [0.5, 0.6) is 0 Å². The molecule has 0 aliphatic heterocycles. The van der Waals surface area contributed by atoms with Crippen LogP contribution in [0, 0.1) is 12.7 Å². The van der Waals surface area contributed by atoms with Gasteiger partial charge in [-0.3, -0.25) is 0 Å². The topological polar surface area (TPSA) is 65.1 Å². The van der Waals surface area contributed by atoms with Crippen molar-refractivity contribution >= 4 is 9.84 Å². The minimum atomic E-state index is -4.73. The lowest BCUT2D eigenvalue weighted by atomic mass is 10.0. The van der Waals surface area contributed by atoms with E-state index in [-0.39, 0.29) is 11.4 Å². The van der Waals surface area contributed by atoms with Crippen molar-refractivity contribution in [3.05, 3.63) is 77.9 Å². The molecule has 0 unspecified atom stereocenters. The third-order valence-corrected chi connectivity index (χ3v) is 6.00. The van der Waals surface area contributed by atoms with Crippen LogP contribution in [0.4, 0.5) is 17.6 Å². The molecule has 0 saturated heterocycles. The number of halogens is 4. The Morgan fingerprint density at radius 1 is 1.03 bits per heavy atom. The molecule has 0 saturated carbocycles. The van der Waals surface area contributed by atoms with E-state index in [4.69, 9.17) is 4.42 Å². The molecule has 0 radical (unpaired) electrons. The molecular weight excluding hydrogens is 448 g/mol. The summed E-state index contributed by atoms with van der Waals surface area (Å²) in [6.07, 6.45) is -2.37. The number of aryl methyl sites for hydroxylation is 1. The smallest absolute Gasteiger partial charge is 0.435 e. The number of alkyl halides is 3. The second kappa shape index (κ2) is 7.63. The summed E-state index contributed by atoms with van der Waals surface area (Å²) < 4.78 is 84.4. The molecular formula is C22H16F4N2O3S. The van der Waals surface area contributed by atoms with E-state index < -0.39 is 32.4 Å². The quantitative estimate of drug-likeness (QED) is 0.365. The molecule has 0 aliphatic rings. The molecule has 0 N–H and O–H groups in total. The molecule has 5 nitrogen and oxygen atoms in total. The Hall–Kier alpha value is -3.40. The standard InChI is InChI=1S/C22H16F4N2O3S/c1-13-10-14(19-4-3-9-31-19)5-7-16(13)18-12-21(22(24,25)26)27-28(18)15-6-8-20(17(23)11-15)32(2,29)30/h3-12H,1-2H3. The SMILES string of the molecule is Cc1cc(-c2ccco2)ccc1-c1cc(C(F)(F)F)nn1-c1ccc(S(C)(=O)=O)c(F)c1. The summed E-state index contributed by atoms with van der Waals surface area (Å²) in [5, 5.41) is 3.63. The van der Waals surface area contributed by atoms with E-state index >= 15 is 0 Å². The highest BCUT2D eigenvalue weighted by molar-refractivity contribution is 7.90. The Balaban J connectivity index is 1.89. The molecule has 2 aromatic carbocycles. The van der Waals surface area contributed by atoms with Gasteiger partial charge in [0.15, 0.2) is 15.5 Å². The van der Waals surface area contributed by atoms with Gasteiger partial charge in [0.25, 0.3) is 0 Å². The van der Waals surface area contributed by atoms with Crippen LogP contribution < -0.4 is 0 Å². The van der Waals surface area contributed by atoms with Gasteiger partial charge < -0.3 is 4.42 Å². The van der Waals surface area contributed by atoms with Crippen molar-refractivity contribution in [1.82, 2.24) is 9.78 Å². The highest BCUT2D eigenvalue weighted by Crippen LogP contribution is 2.36. The van der Waals surface area contributed by atoms with E-state index in [0.29, 0.717) is 16.9 Å². The van der Waals surface area contributed by atoms with E-state index in [2.05, 4.69) is 5.10 Å². The maximum absolute atomic E-state index is 14.4. The van der Waals surface area contributed by atoms with Gasteiger partial charge in [-0.25, -0.2) is 17.5 Å². The fourth-order valence-corrected chi connectivity index (χ4v) is 4.11. The van der Waals surface area contributed by atoms with Crippen LogP contribution in [-0.2, 0) is 16.0 Å². The first-order chi connectivity index (χ1) is 14.9. The normalized spacial score (nSPS) is 12.3. The molecule has 0 amide bonds. The number of furan rings is 1. The summed E-state index contributed by atoms with van der Waals surface area (Å²) >= 11 is 0. The maximum Gasteiger partial charge on any atom is 0.435 e. The zero-order valence-electron chi connectivity index (χ0n) is 16.8. The van der Waals surface area contributed by atoms with E-state index in [9.17, 15) is 26.0 Å². The molecule has 0 spiro atoms. The Morgan fingerprint density at radius 3 is 2.34 bits per heavy atom. The van der Waals surface area contributed by atoms with E-state index in [1.54, 1.807) is 37.3 Å². The predicted octanol–water partition coefficient (Wildman–Crippen LogP) is 5.67. The molecule has 166 valence electrons. The van der Waals surface area contributed by atoms with Gasteiger partial charge in [-0.15, -0.1) is 0 Å². The van der Waals surface area contributed by atoms with Gasteiger partial charge in [-0.2, -0.15) is 18.3 Å². The third kappa shape index (κ3) is 4.05. The average Bonchev–Trinajstić information content (AvgIpc) is 3.37. The van der Waals surface area contributed by atoms with Crippen molar-refractivity contribution in [2.75, 3.05) is 6.26 Å². The lowest BCUT2D eigenvalue weighted by Crippen LogP contribution is -2.08. The summed E-state index contributed by atoms with van der Waals surface area (Å²) in [5.41, 5.74) is 0.691.